The quantitative estimate of drug-likeness (QED) is 0.737. The summed E-state index contributed by atoms with van der Waals surface area (Å²) in [5.41, 5.74) is 0. The van der Waals surface area contributed by atoms with Crippen molar-refractivity contribution in [1.29, 1.82) is 0 Å². The minimum absolute atomic E-state index is 0.0347. The Kier molecular flexibility index (Phi) is 7.71. The first kappa shape index (κ1) is 18.3. The van der Waals surface area contributed by atoms with Gasteiger partial charge in [0.25, 0.3) is 0 Å². The lowest BCUT2D eigenvalue weighted by atomic mass is 9.99. The number of amides is 2. The van der Waals surface area contributed by atoms with Gasteiger partial charge in [0.05, 0.1) is 12.8 Å². The van der Waals surface area contributed by atoms with Crippen LogP contribution in [0.3, 0.4) is 0 Å². The fraction of sp³-hybridized carbons (Fsp3) is 0.647. The Hall–Kier alpha value is -1.78. The molecule has 0 aliphatic rings. The van der Waals surface area contributed by atoms with E-state index in [-0.39, 0.29) is 17.7 Å². The number of hydrogen-bond acceptors (Lipinski definition) is 3. The molecule has 1 aromatic heterocycles. The van der Waals surface area contributed by atoms with Gasteiger partial charge in [-0.05, 0) is 37.3 Å². The Morgan fingerprint density at radius 3 is 2.36 bits per heavy atom. The van der Waals surface area contributed by atoms with Crippen LogP contribution in [0.25, 0.3) is 0 Å². The fourth-order valence-corrected chi connectivity index (χ4v) is 2.36. The SMILES string of the molecule is CCC(CC)C(=O)N[C@@H](CC(C)C)C(=O)NCc1ccco1. The molecule has 0 radical (unpaired) electrons. The highest BCUT2D eigenvalue weighted by Crippen LogP contribution is 2.11. The van der Waals surface area contributed by atoms with E-state index in [0.29, 0.717) is 24.6 Å². The van der Waals surface area contributed by atoms with Crippen LogP contribution in [0.4, 0.5) is 0 Å². The lowest BCUT2D eigenvalue weighted by Gasteiger charge is -2.22. The van der Waals surface area contributed by atoms with Gasteiger partial charge in [-0.15, -0.1) is 0 Å². The van der Waals surface area contributed by atoms with Gasteiger partial charge in [-0.1, -0.05) is 27.7 Å². The topological polar surface area (TPSA) is 71.3 Å². The maximum Gasteiger partial charge on any atom is 0.242 e. The lowest BCUT2D eigenvalue weighted by Crippen LogP contribution is -2.48. The average Bonchev–Trinajstić information content (AvgIpc) is 2.98. The Balaban J connectivity index is 2.61. The van der Waals surface area contributed by atoms with Crippen molar-refractivity contribution in [3.05, 3.63) is 24.2 Å². The number of rotatable bonds is 9. The molecule has 0 saturated heterocycles. The second kappa shape index (κ2) is 9.28. The predicted molar refractivity (Wildman–Crippen MR) is 86.0 cm³/mol. The summed E-state index contributed by atoms with van der Waals surface area (Å²) in [6, 6.07) is 3.09. The van der Waals surface area contributed by atoms with E-state index in [1.54, 1.807) is 18.4 Å². The van der Waals surface area contributed by atoms with Crippen LogP contribution in [-0.4, -0.2) is 17.9 Å². The van der Waals surface area contributed by atoms with Crippen LogP contribution in [0.5, 0.6) is 0 Å². The summed E-state index contributed by atoms with van der Waals surface area (Å²) in [5, 5.41) is 5.72. The van der Waals surface area contributed by atoms with E-state index in [2.05, 4.69) is 10.6 Å². The molecule has 0 aromatic carbocycles. The molecule has 0 bridgehead atoms. The van der Waals surface area contributed by atoms with Crippen molar-refractivity contribution in [3.8, 4) is 0 Å². The van der Waals surface area contributed by atoms with Crippen molar-refractivity contribution in [2.75, 3.05) is 0 Å². The molecule has 1 atom stereocenters. The monoisotopic (exact) mass is 308 g/mol. The summed E-state index contributed by atoms with van der Waals surface area (Å²) in [6.45, 7) is 8.39. The second-order valence-corrected chi connectivity index (χ2v) is 6.00. The summed E-state index contributed by atoms with van der Waals surface area (Å²) in [4.78, 5) is 24.6. The predicted octanol–water partition coefficient (Wildman–Crippen LogP) is 2.86. The van der Waals surface area contributed by atoms with E-state index >= 15 is 0 Å². The van der Waals surface area contributed by atoms with Crippen molar-refractivity contribution in [2.24, 2.45) is 11.8 Å². The minimum atomic E-state index is -0.497. The van der Waals surface area contributed by atoms with Crippen LogP contribution >= 0.6 is 0 Å². The molecule has 1 heterocycles. The molecule has 2 amide bonds. The molecular formula is C17H28N2O3. The summed E-state index contributed by atoms with van der Waals surface area (Å²) >= 11 is 0. The Morgan fingerprint density at radius 2 is 1.86 bits per heavy atom. The van der Waals surface area contributed by atoms with E-state index in [9.17, 15) is 9.59 Å². The van der Waals surface area contributed by atoms with Gasteiger partial charge < -0.3 is 15.1 Å². The van der Waals surface area contributed by atoms with Gasteiger partial charge in [0, 0.05) is 5.92 Å². The molecule has 1 aromatic rings. The molecule has 0 aliphatic carbocycles. The third-order valence-electron chi connectivity index (χ3n) is 3.71. The number of nitrogens with one attached hydrogen (secondary N) is 2. The molecule has 5 nitrogen and oxygen atoms in total. The van der Waals surface area contributed by atoms with E-state index in [1.807, 2.05) is 27.7 Å². The highest BCUT2D eigenvalue weighted by Gasteiger charge is 2.24. The normalized spacial score (nSPS) is 12.5. The Bertz CT molecular complexity index is 450. The molecule has 2 N–H and O–H groups in total. The molecule has 22 heavy (non-hydrogen) atoms. The Morgan fingerprint density at radius 1 is 1.18 bits per heavy atom. The number of carbonyl (C=O) groups is 2. The fourth-order valence-electron chi connectivity index (χ4n) is 2.36. The van der Waals surface area contributed by atoms with Gasteiger partial charge in [-0.2, -0.15) is 0 Å². The molecule has 0 saturated carbocycles. The highest BCUT2D eigenvalue weighted by molar-refractivity contribution is 5.88. The second-order valence-electron chi connectivity index (χ2n) is 6.00. The zero-order valence-corrected chi connectivity index (χ0v) is 14.0. The van der Waals surface area contributed by atoms with Gasteiger partial charge in [0.15, 0.2) is 0 Å². The van der Waals surface area contributed by atoms with E-state index in [4.69, 9.17) is 4.42 Å². The minimum Gasteiger partial charge on any atom is -0.467 e. The van der Waals surface area contributed by atoms with Gasteiger partial charge in [0.2, 0.25) is 11.8 Å². The zero-order valence-electron chi connectivity index (χ0n) is 14.0. The smallest absolute Gasteiger partial charge is 0.242 e. The first-order chi connectivity index (χ1) is 10.5. The molecule has 0 unspecified atom stereocenters. The summed E-state index contributed by atoms with van der Waals surface area (Å²) < 4.78 is 5.20. The first-order valence-corrected chi connectivity index (χ1v) is 8.08. The first-order valence-electron chi connectivity index (χ1n) is 8.08. The summed E-state index contributed by atoms with van der Waals surface area (Å²) in [7, 11) is 0. The van der Waals surface area contributed by atoms with Crippen molar-refractivity contribution >= 4 is 11.8 Å². The molecule has 124 valence electrons. The molecule has 0 aliphatic heterocycles. The standard InChI is InChI=1S/C17H28N2O3/c1-5-13(6-2)16(20)19-15(10-12(3)4)17(21)18-11-14-8-7-9-22-14/h7-9,12-13,15H,5-6,10-11H2,1-4H3,(H,18,21)(H,19,20)/t15-/m0/s1. The van der Waals surface area contributed by atoms with Gasteiger partial charge in [-0.3, -0.25) is 9.59 Å². The van der Waals surface area contributed by atoms with E-state index in [1.165, 1.54) is 0 Å². The van der Waals surface area contributed by atoms with Gasteiger partial charge in [0.1, 0.15) is 11.8 Å². The number of carbonyl (C=O) groups excluding carboxylic acids is 2. The van der Waals surface area contributed by atoms with Crippen molar-refractivity contribution in [2.45, 2.75) is 59.5 Å². The average molecular weight is 308 g/mol. The highest BCUT2D eigenvalue weighted by atomic mass is 16.3. The molecule has 1 rings (SSSR count). The van der Waals surface area contributed by atoms with Crippen LogP contribution in [0.15, 0.2) is 22.8 Å². The largest absolute Gasteiger partial charge is 0.467 e. The van der Waals surface area contributed by atoms with Gasteiger partial charge >= 0.3 is 0 Å². The van der Waals surface area contributed by atoms with E-state index in [0.717, 1.165) is 12.8 Å². The summed E-state index contributed by atoms with van der Waals surface area (Å²) in [6.07, 6.45) is 3.76. The van der Waals surface area contributed by atoms with E-state index < -0.39 is 6.04 Å². The number of furan rings is 1. The maximum atomic E-state index is 12.3. The van der Waals surface area contributed by atoms with Crippen molar-refractivity contribution < 1.29 is 14.0 Å². The summed E-state index contributed by atoms with van der Waals surface area (Å²) in [5.74, 6) is 0.782. The molecule has 5 heteroatoms. The van der Waals surface area contributed by atoms with Crippen LogP contribution in [0.2, 0.25) is 0 Å². The maximum absolute atomic E-state index is 12.3. The van der Waals surface area contributed by atoms with Crippen LogP contribution in [0, 0.1) is 11.8 Å². The molecule has 0 spiro atoms. The zero-order chi connectivity index (χ0) is 16.5. The number of hydrogen-bond donors (Lipinski definition) is 2. The molecular weight excluding hydrogens is 280 g/mol. The van der Waals surface area contributed by atoms with Crippen molar-refractivity contribution in [3.63, 3.8) is 0 Å². The lowest BCUT2D eigenvalue weighted by molar-refractivity contribution is -0.131. The van der Waals surface area contributed by atoms with Crippen LogP contribution in [0.1, 0.15) is 52.7 Å². The van der Waals surface area contributed by atoms with Crippen molar-refractivity contribution in [1.82, 2.24) is 10.6 Å². The van der Waals surface area contributed by atoms with Crippen LogP contribution < -0.4 is 10.6 Å². The third kappa shape index (κ3) is 5.92. The Labute approximate surface area is 132 Å². The van der Waals surface area contributed by atoms with Gasteiger partial charge in [-0.25, -0.2) is 0 Å². The molecule has 0 fully saturated rings. The van der Waals surface area contributed by atoms with Crippen LogP contribution in [-0.2, 0) is 16.1 Å². The third-order valence-corrected chi connectivity index (χ3v) is 3.71.